The standard InChI is InChI=1S/C28H33NO5/c1-31-23-16-27(32-2)24(28(17-23)33-3)19-29-13-14-34-26-12-10-21(15-22(26)18-29)25(30)11-9-20-7-5-4-6-8-20/h4-8,10,12,15-17,25,30H,9,11,13-14,18-19H2,1-3H3. The predicted octanol–water partition coefficient (Wildman–Crippen LogP) is 4.77. The molecule has 6 nitrogen and oxygen atoms in total. The lowest BCUT2D eigenvalue weighted by Gasteiger charge is -2.23. The number of benzene rings is 3. The number of fused-ring (bicyclic) bond motifs is 1. The van der Waals surface area contributed by atoms with Crippen molar-refractivity contribution in [3.05, 3.63) is 82.9 Å². The van der Waals surface area contributed by atoms with Crippen LogP contribution in [0.25, 0.3) is 0 Å². The summed E-state index contributed by atoms with van der Waals surface area (Å²) in [5.74, 6) is 3.02. The molecule has 1 aliphatic rings. The molecule has 1 unspecified atom stereocenters. The van der Waals surface area contributed by atoms with Crippen LogP contribution in [0.15, 0.2) is 60.7 Å². The van der Waals surface area contributed by atoms with Gasteiger partial charge in [0.05, 0.1) is 33.0 Å². The Morgan fingerprint density at radius 1 is 0.941 bits per heavy atom. The van der Waals surface area contributed by atoms with E-state index < -0.39 is 6.10 Å². The number of hydrogen-bond donors (Lipinski definition) is 1. The monoisotopic (exact) mass is 463 g/mol. The second-order valence-electron chi connectivity index (χ2n) is 8.48. The third-order valence-corrected chi connectivity index (χ3v) is 6.28. The summed E-state index contributed by atoms with van der Waals surface area (Å²) in [6.45, 7) is 2.69. The van der Waals surface area contributed by atoms with Gasteiger partial charge in [0.2, 0.25) is 0 Å². The van der Waals surface area contributed by atoms with Gasteiger partial charge in [0, 0.05) is 37.3 Å². The molecule has 0 saturated heterocycles. The summed E-state index contributed by atoms with van der Waals surface area (Å²) >= 11 is 0. The van der Waals surface area contributed by atoms with E-state index in [1.165, 1.54) is 5.56 Å². The van der Waals surface area contributed by atoms with Crippen LogP contribution in [0.1, 0.15) is 34.8 Å². The molecule has 0 saturated carbocycles. The Morgan fingerprint density at radius 2 is 1.68 bits per heavy atom. The summed E-state index contributed by atoms with van der Waals surface area (Å²) in [5.41, 5.74) is 4.18. The van der Waals surface area contributed by atoms with Gasteiger partial charge in [-0.15, -0.1) is 0 Å². The zero-order valence-corrected chi connectivity index (χ0v) is 20.1. The number of aliphatic hydroxyl groups is 1. The number of ether oxygens (including phenoxy) is 4. The molecular formula is C28H33NO5. The quantitative estimate of drug-likeness (QED) is 0.493. The maximum Gasteiger partial charge on any atom is 0.130 e. The third kappa shape index (κ3) is 5.64. The van der Waals surface area contributed by atoms with E-state index >= 15 is 0 Å². The van der Waals surface area contributed by atoms with E-state index in [-0.39, 0.29) is 0 Å². The molecule has 1 aliphatic heterocycles. The maximum absolute atomic E-state index is 10.8. The number of aliphatic hydroxyl groups excluding tert-OH is 1. The fourth-order valence-electron chi connectivity index (χ4n) is 4.38. The van der Waals surface area contributed by atoms with Gasteiger partial charge < -0.3 is 24.1 Å². The Kier molecular flexibility index (Phi) is 7.93. The highest BCUT2D eigenvalue weighted by Gasteiger charge is 2.21. The third-order valence-electron chi connectivity index (χ3n) is 6.28. The highest BCUT2D eigenvalue weighted by molar-refractivity contribution is 5.51. The van der Waals surface area contributed by atoms with Gasteiger partial charge in [-0.05, 0) is 36.1 Å². The van der Waals surface area contributed by atoms with E-state index in [0.29, 0.717) is 31.9 Å². The van der Waals surface area contributed by atoms with Gasteiger partial charge in [-0.25, -0.2) is 0 Å². The van der Waals surface area contributed by atoms with Crippen molar-refractivity contribution in [1.29, 1.82) is 0 Å². The minimum absolute atomic E-state index is 0.524. The van der Waals surface area contributed by atoms with Crippen LogP contribution in [-0.2, 0) is 19.5 Å². The van der Waals surface area contributed by atoms with Gasteiger partial charge in [-0.2, -0.15) is 0 Å². The summed E-state index contributed by atoms with van der Waals surface area (Å²) in [4.78, 5) is 2.30. The Hall–Kier alpha value is -3.22. The Morgan fingerprint density at radius 3 is 2.35 bits per heavy atom. The van der Waals surface area contributed by atoms with Crippen molar-refractivity contribution in [2.45, 2.75) is 32.0 Å². The smallest absolute Gasteiger partial charge is 0.130 e. The van der Waals surface area contributed by atoms with Crippen molar-refractivity contribution in [3.63, 3.8) is 0 Å². The number of methoxy groups -OCH3 is 3. The van der Waals surface area contributed by atoms with Gasteiger partial charge in [-0.1, -0.05) is 36.4 Å². The largest absolute Gasteiger partial charge is 0.496 e. The fourth-order valence-corrected chi connectivity index (χ4v) is 4.38. The molecule has 3 aromatic rings. The summed E-state index contributed by atoms with van der Waals surface area (Å²) < 4.78 is 22.7. The fraction of sp³-hybridized carbons (Fsp3) is 0.357. The SMILES string of the molecule is COc1cc(OC)c(CN2CCOc3ccc(C(O)CCc4ccccc4)cc3C2)c(OC)c1. The van der Waals surface area contributed by atoms with E-state index in [1.54, 1.807) is 21.3 Å². The first-order valence-electron chi connectivity index (χ1n) is 11.6. The molecule has 1 atom stereocenters. The minimum atomic E-state index is -0.524. The van der Waals surface area contributed by atoms with Crippen LogP contribution in [0.3, 0.4) is 0 Å². The van der Waals surface area contributed by atoms with Crippen molar-refractivity contribution < 1.29 is 24.1 Å². The Balaban J connectivity index is 1.50. The van der Waals surface area contributed by atoms with E-state index in [4.69, 9.17) is 18.9 Å². The van der Waals surface area contributed by atoms with Crippen LogP contribution >= 0.6 is 0 Å². The first kappa shape index (κ1) is 23.9. The summed E-state index contributed by atoms with van der Waals surface area (Å²) in [5, 5.41) is 10.8. The van der Waals surface area contributed by atoms with Crippen molar-refractivity contribution in [2.24, 2.45) is 0 Å². The molecule has 0 spiro atoms. The molecule has 0 fully saturated rings. The molecule has 0 aromatic heterocycles. The number of nitrogens with zero attached hydrogens (tertiary/aromatic N) is 1. The molecule has 0 bridgehead atoms. The average Bonchev–Trinajstić information content (AvgIpc) is 3.09. The van der Waals surface area contributed by atoms with Crippen molar-refractivity contribution in [1.82, 2.24) is 4.90 Å². The van der Waals surface area contributed by atoms with Gasteiger partial charge >= 0.3 is 0 Å². The topological polar surface area (TPSA) is 60.4 Å². The van der Waals surface area contributed by atoms with E-state index in [9.17, 15) is 5.11 Å². The second kappa shape index (κ2) is 11.3. The van der Waals surface area contributed by atoms with Crippen LogP contribution in [0.4, 0.5) is 0 Å². The lowest BCUT2D eigenvalue weighted by molar-refractivity contribution is 0.167. The molecule has 4 rings (SSSR count). The van der Waals surface area contributed by atoms with E-state index in [2.05, 4.69) is 23.1 Å². The van der Waals surface area contributed by atoms with Crippen LogP contribution in [0, 0.1) is 0 Å². The molecule has 0 aliphatic carbocycles. The second-order valence-corrected chi connectivity index (χ2v) is 8.48. The lowest BCUT2D eigenvalue weighted by atomic mass is 9.99. The zero-order chi connectivity index (χ0) is 23.9. The maximum atomic E-state index is 10.8. The molecule has 0 amide bonds. The van der Waals surface area contributed by atoms with Crippen molar-refractivity contribution >= 4 is 0 Å². The molecule has 34 heavy (non-hydrogen) atoms. The summed E-state index contributed by atoms with van der Waals surface area (Å²) in [6.07, 6.45) is 0.982. The van der Waals surface area contributed by atoms with E-state index in [0.717, 1.165) is 46.9 Å². The molecular weight excluding hydrogens is 430 g/mol. The Labute approximate surface area is 201 Å². The zero-order valence-electron chi connectivity index (χ0n) is 20.1. The van der Waals surface area contributed by atoms with Crippen LogP contribution in [0.2, 0.25) is 0 Å². The Bertz CT molecular complexity index is 1060. The average molecular weight is 464 g/mol. The molecule has 1 heterocycles. The van der Waals surface area contributed by atoms with Crippen LogP contribution in [-0.4, -0.2) is 44.5 Å². The molecule has 180 valence electrons. The molecule has 1 N–H and O–H groups in total. The predicted molar refractivity (Wildman–Crippen MR) is 132 cm³/mol. The first-order valence-corrected chi connectivity index (χ1v) is 11.6. The summed E-state index contributed by atoms with van der Waals surface area (Å²) in [6, 6.07) is 20.0. The van der Waals surface area contributed by atoms with Crippen molar-refractivity contribution in [3.8, 4) is 23.0 Å². The minimum Gasteiger partial charge on any atom is -0.496 e. The lowest BCUT2D eigenvalue weighted by Crippen LogP contribution is -2.25. The van der Waals surface area contributed by atoms with Gasteiger partial charge in [0.1, 0.15) is 29.6 Å². The highest BCUT2D eigenvalue weighted by Crippen LogP contribution is 2.36. The number of rotatable bonds is 9. The molecule has 6 heteroatoms. The van der Waals surface area contributed by atoms with Crippen LogP contribution in [0.5, 0.6) is 23.0 Å². The van der Waals surface area contributed by atoms with Gasteiger partial charge in [0.15, 0.2) is 0 Å². The highest BCUT2D eigenvalue weighted by atomic mass is 16.5. The van der Waals surface area contributed by atoms with E-state index in [1.807, 2.05) is 42.5 Å². The normalized spacial score (nSPS) is 14.5. The van der Waals surface area contributed by atoms with Crippen LogP contribution < -0.4 is 18.9 Å². The number of aryl methyl sites for hydroxylation is 1. The van der Waals surface area contributed by atoms with Gasteiger partial charge in [0.25, 0.3) is 0 Å². The molecule has 3 aromatic carbocycles. The molecule has 0 radical (unpaired) electrons. The first-order chi connectivity index (χ1) is 16.6. The van der Waals surface area contributed by atoms with Gasteiger partial charge in [-0.3, -0.25) is 4.90 Å². The summed E-state index contributed by atoms with van der Waals surface area (Å²) in [7, 11) is 4.94. The number of hydrogen-bond acceptors (Lipinski definition) is 6. The van der Waals surface area contributed by atoms with Crippen molar-refractivity contribution in [2.75, 3.05) is 34.5 Å².